The first kappa shape index (κ1) is 17.5. The fourth-order valence-electron chi connectivity index (χ4n) is 2.45. The van der Waals surface area contributed by atoms with E-state index in [0.29, 0.717) is 28.6 Å². The normalized spacial score (nSPS) is 24.8. The van der Waals surface area contributed by atoms with Crippen LogP contribution in [0, 0.1) is 0 Å². The minimum Gasteiger partial charge on any atom is -0.481 e. The average Bonchev–Trinajstić information content (AvgIpc) is 2.78. The second kappa shape index (κ2) is 6.50. The van der Waals surface area contributed by atoms with Gasteiger partial charge >= 0.3 is 5.97 Å². The molecule has 0 spiro atoms. The summed E-state index contributed by atoms with van der Waals surface area (Å²) in [6.45, 7) is 2.03. The van der Waals surface area contributed by atoms with Crippen molar-refractivity contribution in [1.82, 2.24) is 5.32 Å². The Morgan fingerprint density at radius 3 is 2.50 bits per heavy atom. The van der Waals surface area contributed by atoms with Gasteiger partial charge < -0.3 is 15.5 Å². The summed E-state index contributed by atoms with van der Waals surface area (Å²) >= 11 is 11.8. The highest BCUT2D eigenvalue weighted by Gasteiger charge is 2.46. The molecule has 1 aromatic carbocycles. The van der Waals surface area contributed by atoms with Crippen molar-refractivity contribution in [3.05, 3.63) is 33.8 Å². The number of rotatable bonds is 3. The molecule has 20 heavy (non-hydrogen) atoms. The van der Waals surface area contributed by atoms with Crippen LogP contribution in [0.4, 0.5) is 0 Å². The zero-order valence-corrected chi connectivity index (χ0v) is 13.1. The van der Waals surface area contributed by atoms with Gasteiger partial charge in [0.25, 0.3) is 0 Å². The molecule has 1 aromatic rings. The summed E-state index contributed by atoms with van der Waals surface area (Å²) in [6.07, 6.45) is -0.130. The highest BCUT2D eigenvalue weighted by atomic mass is 35.5. The molecule has 0 aliphatic carbocycles. The third-order valence-electron chi connectivity index (χ3n) is 3.77. The molecule has 0 unspecified atom stereocenters. The van der Waals surface area contributed by atoms with E-state index in [9.17, 15) is 15.0 Å². The Hall–Kier alpha value is -0.520. The molecule has 112 valence electrons. The van der Waals surface area contributed by atoms with Gasteiger partial charge in [-0.1, -0.05) is 29.3 Å². The van der Waals surface area contributed by atoms with Crippen LogP contribution < -0.4 is 5.32 Å². The second-order valence-corrected chi connectivity index (χ2v) is 5.80. The van der Waals surface area contributed by atoms with Crippen LogP contribution in [-0.2, 0) is 10.2 Å². The van der Waals surface area contributed by atoms with Crippen molar-refractivity contribution in [2.24, 2.45) is 0 Å². The SMILES string of the molecule is C[C@@](C(=O)O)(c1ccc(Cl)c(Cl)c1)[C@@H]1C[C@@H](O)CN1.Cl. The molecule has 1 heterocycles. The topological polar surface area (TPSA) is 69.6 Å². The van der Waals surface area contributed by atoms with E-state index in [1.54, 1.807) is 25.1 Å². The van der Waals surface area contributed by atoms with Crippen LogP contribution in [-0.4, -0.2) is 34.9 Å². The highest BCUT2D eigenvalue weighted by Crippen LogP contribution is 2.35. The largest absolute Gasteiger partial charge is 0.481 e. The number of hydrogen-bond acceptors (Lipinski definition) is 3. The minimum atomic E-state index is -1.16. The van der Waals surface area contributed by atoms with Crippen molar-refractivity contribution in [2.45, 2.75) is 30.9 Å². The smallest absolute Gasteiger partial charge is 0.315 e. The molecule has 7 heteroatoms. The molecule has 0 saturated carbocycles. The fourth-order valence-corrected chi connectivity index (χ4v) is 2.75. The fraction of sp³-hybridized carbons (Fsp3) is 0.462. The molecule has 1 aliphatic rings. The maximum absolute atomic E-state index is 11.7. The van der Waals surface area contributed by atoms with Crippen molar-refractivity contribution < 1.29 is 15.0 Å². The van der Waals surface area contributed by atoms with E-state index >= 15 is 0 Å². The molecule has 3 N–H and O–H groups in total. The van der Waals surface area contributed by atoms with E-state index in [2.05, 4.69) is 5.32 Å². The van der Waals surface area contributed by atoms with Gasteiger partial charge in [0.2, 0.25) is 0 Å². The van der Waals surface area contributed by atoms with E-state index in [1.165, 1.54) is 0 Å². The lowest BCUT2D eigenvalue weighted by atomic mass is 9.75. The second-order valence-electron chi connectivity index (χ2n) is 4.99. The highest BCUT2D eigenvalue weighted by molar-refractivity contribution is 6.42. The van der Waals surface area contributed by atoms with Crippen molar-refractivity contribution >= 4 is 41.6 Å². The van der Waals surface area contributed by atoms with Gasteiger partial charge in [0.1, 0.15) is 5.41 Å². The van der Waals surface area contributed by atoms with Crippen molar-refractivity contribution in [3.63, 3.8) is 0 Å². The lowest BCUT2D eigenvalue weighted by molar-refractivity contribution is -0.144. The van der Waals surface area contributed by atoms with Gasteiger partial charge in [-0.2, -0.15) is 0 Å². The molecule has 0 bridgehead atoms. The van der Waals surface area contributed by atoms with Crippen LogP contribution in [0.2, 0.25) is 10.0 Å². The molecular weight excluding hydrogens is 325 g/mol. The van der Waals surface area contributed by atoms with Gasteiger partial charge in [-0.25, -0.2) is 0 Å². The predicted molar refractivity (Wildman–Crippen MR) is 81.1 cm³/mol. The molecule has 1 aliphatic heterocycles. The van der Waals surface area contributed by atoms with Crippen LogP contribution in [0.3, 0.4) is 0 Å². The maximum Gasteiger partial charge on any atom is 0.315 e. The predicted octanol–water partition coefficient (Wildman–Crippen LogP) is 2.48. The number of carbonyl (C=O) groups is 1. The van der Waals surface area contributed by atoms with Gasteiger partial charge in [-0.05, 0) is 31.0 Å². The van der Waals surface area contributed by atoms with Crippen molar-refractivity contribution in [1.29, 1.82) is 0 Å². The number of aliphatic hydroxyl groups excluding tert-OH is 1. The number of β-amino-alcohol motifs (C(OH)–C–C–N with tert-alkyl or cyclic N) is 1. The molecule has 3 atom stereocenters. The van der Waals surface area contributed by atoms with Gasteiger partial charge in [0.15, 0.2) is 0 Å². The lowest BCUT2D eigenvalue weighted by Crippen LogP contribution is -2.48. The standard InChI is InChI=1S/C13H15Cl2NO3.ClH/c1-13(12(18)19,11-5-8(17)6-16-11)7-2-3-9(14)10(15)4-7;/h2-4,8,11,16-17H,5-6H2,1H3,(H,18,19);1H/t8-,11+,13-;/m1./s1. The third-order valence-corrected chi connectivity index (χ3v) is 4.51. The first-order chi connectivity index (χ1) is 8.85. The lowest BCUT2D eigenvalue weighted by Gasteiger charge is -2.32. The number of carboxylic acid groups (broad SMARTS) is 1. The molecule has 0 aromatic heterocycles. The number of hydrogen-bond donors (Lipinski definition) is 3. The van der Waals surface area contributed by atoms with Crippen LogP contribution in [0.1, 0.15) is 18.9 Å². The summed E-state index contributed by atoms with van der Waals surface area (Å²) < 4.78 is 0. The Morgan fingerprint density at radius 2 is 2.05 bits per heavy atom. The summed E-state index contributed by atoms with van der Waals surface area (Å²) in [6, 6.07) is 4.47. The minimum absolute atomic E-state index is 0. The van der Waals surface area contributed by atoms with E-state index in [1.807, 2.05) is 0 Å². The van der Waals surface area contributed by atoms with Crippen LogP contribution in [0.15, 0.2) is 18.2 Å². The first-order valence-corrected chi connectivity index (χ1v) is 6.71. The summed E-state index contributed by atoms with van der Waals surface area (Å²) in [5.41, 5.74) is -0.591. The number of aliphatic carboxylic acids is 1. The number of carboxylic acids is 1. The van der Waals surface area contributed by atoms with Gasteiger partial charge in [-0.3, -0.25) is 4.79 Å². The quantitative estimate of drug-likeness (QED) is 0.790. The molecule has 0 amide bonds. The zero-order chi connectivity index (χ0) is 14.2. The number of nitrogens with one attached hydrogen (secondary N) is 1. The molecule has 2 rings (SSSR count). The number of benzene rings is 1. The molecule has 1 saturated heterocycles. The van der Waals surface area contributed by atoms with Crippen LogP contribution in [0.5, 0.6) is 0 Å². The van der Waals surface area contributed by atoms with Crippen molar-refractivity contribution in [2.75, 3.05) is 6.54 Å². The Labute approximate surface area is 133 Å². The maximum atomic E-state index is 11.7. The summed E-state index contributed by atoms with van der Waals surface area (Å²) in [5, 5.41) is 22.9. The van der Waals surface area contributed by atoms with Crippen molar-refractivity contribution in [3.8, 4) is 0 Å². The Kier molecular flexibility index (Phi) is 5.70. The monoisotopic (exact) mass is 339 g/mol. The summed E-state index contributed by atoms with van der Waals surface area (Å²) in [5.74, 6) is -0.961. The van der Waals surface area contributed by atoms with E-state index in [0.717, 1.165) is 0 Å². The van der Waals surface area contributed by atoms with Gasteiger partial charge in [0, 0.05) is 12.6 Å². The Bertz CT molecular complexity index is 512. The third kappa shape index (κ3) is 3.05. The van der Waals surface area contributed by atoms with Gasteiger partial charge in [0.05, 0.1) is 16.1 Å². The zero-order valence-electron chi connectivity index (χ0n) is 10.8. The van der Waals surface area contributed by atoms with Gasteiger partial charge in [-0.15, -0.1) is 12.4 Å². The molecular formula is C13H16Cl3NO3. The Morgan fingerprint density at radius 1 is 1.40 bits per heavy atom. The molecule has 0 radical (unpaired) electrons. The van der Waals surface area contributed by atoms with E-state index in [4.69, 9.17) is 23.2 Å². The average molecular weight is 341 g/mol. The van der Waals surface area contributed by atoms with Crippen LogP contribution in [0.25, 0.3) is 0 Å². The number of halogens is 3. The molecule has 1 fully saturated rings. The van der Waals surface area contributed by atoms with Crippen LogP contribution >= 0.6 is 35.6 Å². The van der Waals surface area contributed by atoms with E-state index in [-0.39, 0.29) is 18.4 Å². The number of aliphatic hydroxyl groups is 1. The molecule has 4 nitrogen and oxygen atoms in total. The van der Waals surface area contributed by atoms with E-state index < -0.39 is 17.5 Å². The summed E-state index contributed by atoms with van der Waals surface area (Å²) in [4.78, 5) is 11.7. The Balaban J connectivity index is 0.00000200. The first-order valence-electron chi connectivity index (χ1n) is 5.96. The summed E-state index contributed by atoms with van der Waals surface area (Å²) in [7, 11) is 0.